The number of hydrogen-bond acceptors (Lipinski definition) is 6. The van der Waals surface area contributed by atoms with Crippen molar-refractivity contribution >= 4 is 32.6 Å². The van der Waals surface area contributed by atoms with E-state index < -0.39 is 0 Å². The standard InChI is InChI=1S/C24H29N3O3S/c1-2-30-20-10-6-11-21-23(20)25-24(31-21)27(13-7-12-26-14-16-29-17-15-26)22(28)18-19-8-4-3-5-9-19/h3-6,8-11H,2,7,12-18H2,1H3. The van der Waals surface area contributed by atoms with Crippen LogP contribution in [0.25, 0.3) is 10.2 Å². The first-order valence-corrected chi connectivity index (χ1v) is 11.7. The molecule has 0 N–H and O–H groups in total. The van der Waals surface area contributed by atoms with Gasteiger partial charge in [-0.2, -0.15) is 0 Å². The Bertz CT molecular complexity index is 986. The molecule has 0 unspecified atom stereocenters. The minimum absolute atomic E-state index is 0.0743. The Kier molecular flexibility index (Phi) is 7.51. The molecule has 1 aliphatic rings. The molecule has 2 heterocycles. The molecule has 4 rings (SSSR count). The largest absolute Gasteiger partial charge is 0.492 e. The van der Waals surface area contributed by atoms with Gasteiger partial charge in [-0.15, -0.1) is 0 Å². The third-order valence-corrected chi connectivity index (χ3v) is 6.40. The zero-order valence-electron chi connectivity index (χ0n) is 18.0. The molecule has 0 saturated carbocycles. The monoisotopic (exact) mass is 439 g/mol. The van der Waals surface area contributed by atoms with Crippen molar-refractivity contribution in [2.75, 3.05) is 50.9 Å². The van der Waals surface area contributed by atoms with Crippen LogP contribution in [0.4, 0.5) is 5.13 Å². The molecule has 1 aliphatic heterocycles. The van der Waals surface area contributed by atoms with Gasteiger partial charge < -0.3 is 9.47 Å². The predicted octanol–water partition coefficient (Wildman–Crippen LogP) is 3.99. The van der Waals surface area contributed by atoms with Crippen molar-refractivity contribution in [1.82, 2.24) is 9.88 Å². The number of nitrogens with zero attached hydrogens (tertiary/aromatic N) is 3. The molecule has 0 aliphatic carbocycles. The molecule has 164 valence electrons. The maximum absolute atomic E-state index is 13.3. The molecule has 7 heteroatoms. The lowest BCUT2D eigenvalue weighted by molar-refractivity contribution is -0.118. The van der Waals surface area contributed by atoms with Crippen LogP contribution in [-0.2, 0) is 16.0 Å². The Labute approximate surface area is 187 Å². The number of fused-ring (bicyclic) bond motifs is 1. The van der Waals surface area contributed by atoms with E-state index in [1.165, 1.54) is 0 Å². The SMILES string of the molecule is CCOc1cccc2sc(N(CCCN3CCOCC3)C(=O)Cc3ccccc3)nc12. The van der Waals surface area contributed by atoms with Crippen molar-refractivity contribution in [2.45, 2.75) is 19.8 Å². The molecular formula is C24H29N3O3S. The van der Waals surface area contributed by atoms with Crippen molar-refractivity contribution in [3.05, 3.63) is 54.1 Å². The highest BCUT2D eigenvalue weighted by Gasteiger charge is 2.21. The van der Waals surface area contributed by atoms with E-state index in [-0.39, 0.29) is 5.91 Å². The number of aromatic nitrogens is 1. The lowest BCUT2D eigenvalue weighted by Gasteiger charge is -2.27. The topological polar surface area (TPSA) is 54.9 Å². The van der Waals surface area contributed by atoms with Crippen molar-refractivity contribution in [1.29, 1.82) is 0 Å². The molecule has 1 fully saturated rings. The van der Waals surface area contributed by atoms with Crippen LogP contribution < -0.4 is 9.64 Å². The number of hydrogen-bond donors (Lipinski definition) is 0. The van der Waals surface area contributed by atoms with E-state index in [1.807, 2.05) is 60.4 Å². The number of carbonyl (C=O) groups excluding carboxylic acids is 1. The van der Waals surface area contributed by atoms with Crippen molar-refractivity contribution < 1.29 is 14.3 Å². The molecule has 31 heavy (non-hydrogen) atoms. The van der Waals surface area contributed by atoms with Crippen LogP contribution in [0.15, 0.2) is 48.5 Å². The van der Waals surface area contributed by atoms with E-state index in [2.05, 4.69) is 4.90 Å². The summed E-state index contributed by atoms with van der Waals surface area (Å²) < 4.78 is 12.2. The van der Waals surface area contributed by atoms with Crippen LogP contribution in [-0.4, -0.2) is 61.8 Å². The lowest BCUT2D eigenvalue weighted by Crippen LogP contribution is -2.39. The summed E-state index contributed by atoms with van der Waals surface area (Å²) in [5, 5.41) is 0.741. The Balaban J connectivity index is 1.54. The number of anilines is 1. The number of thiazole rings is 1. The third kappa shape index (κ3) is 5.61. The first kappa shape index (κ1) is 21.7. The highest BCUT2D eigenvalue weighted by atomic mass is 32.1. The van der Waals surface area contributed by atoms with E-state index in [0.29, 0.717) is 19.6 Å². The number of amides is 1. The first-order valence-electron chi connectivity index (χ1n) is 10.9. The normalized spacial score (nSPS) is 14.6. The van der Waals surface area contributed by atoms with Gasteiger partial charge in [0.05, 0.1) is 30.9 Å². The zero-order valence-corrected chi connectivity index (χ0v) is 18.8. The Hall–Kier alpha value is -2.48. The summed E-state index contributed by atoms with van der Waals surface area (Å²) in [6.45, 7) is 7.63. The van der Waals surface area contributed by atoms with Crippen molar-refractivity contribution in [2.24, 2.45) is 0 Å². The van der Waals surface area contributed by atoms with E-state index in [9.17, 15) is 4.79 Å². The van der Waals surface area contributed by atoms with Crippen LogP contribution in [0.2, 0.25) is 0 Å². The lowest BCUT2D eigenvalue weighted by atomic mass is 10.1. The van der Waals surface area contributed by atoms with Crippen LogP contribution in [0.1, 0.15) is 18.9 Å². The molecule has 1 saturated heterocycles. The predicted molar refractivity (Wildman–Crippen MR) is 125 cm³/mol. The molecule has 6 nitrogen and oxygen atoms in total. The van der Waals surface area contributed by atoms with Crippen molar-refractivity contribution in [3.8, 4) is 5.75 Å². The van der Waals surface area contributed by atoms with Gasteiger partial charge in [0.15, 0.2) is 5.13 Å². The minimum atomic E-state index is 0.0743. The second-order valence-electron chi connectivity index (χ2n) is 7.55. The third-order valence-electron chi connectivity index (χ3n) is 5.36. The van der Waals surface area contributed by atoms with Gasteiger partial charge in [-0.3, -0.25) is 14.6 Å². The maximum atomic E-state index is 13.3. The minimum Gasteiger partial charge on any atom is -0.492 e. The second kappa shape index (κ2) is 10.7. The average Bonchev–Trinajstić information content (AvgIpc) is 3.23. The first-order chi connectivity index (χ1) is 15.2. The summed E-state index contributed by atoms with van der Waals surface area (Å²) in [5.41, 5.74) is 1.84. The second-order valence-corrected chi connectivity index (χ2v) is 8.56. The smallest absolute Gasteiger partial charge is 0.233 e. The Morgan fingerprint density at radius 3 is 2.74 bits per heavy atom. The molecule has 0 spiro atoms. The van der Waals surface area contributed by atoms with Gasteiger partial charge in [0, 0.05) is 26.2 Å². The maximum Gasteiger partial charge on any atom is 0.233 e. The van der Waals surface area contributed by atoms with E-state index in [4.69, 9.17) is 14.5 Å². The summed E-state index contributed by atoms with van der Waals surface area (Å²) in [5.74, 6) is 0.844. The van der Waals surface area contributed by atoms with Crippen LogP contribution >= 0.6 is 11.3 Å². The Morgan fingerprint density at radius 2 is 1.97 bits per heavy atom. The molecule has 3 aromatic rings. The molecule has 0 atom stereocenters. The molecule has 2 aromatic carbocycles. The number of morpholine rings is 1. The number of ether oxygens (including phenoxy) is 2. The number of benzene rings is 2. The van der Waals surface area contributed by atoms with E-state index in [0.717, 1.165) is 65.9 Å². The average molecular weight is 440 g/mol. The quantitative estimate of drug-likeness (QED) is 0.505. The van der Waals surface area contributed by atoms with Crippen LogP contribution in [0, 0.1) is 0 Å². The van der Waals surface area contributed by atoms with Gasteiger partial charge in [-0.05, 0) is 31.0 Å². The molecular weight excluding hydrogens is 410 g/mol. The fourth-order valence-electron chi connectivity index (χ4n) is 3.77. The van der Waals surface area contributed by atoms with Gasteiger partial charge in [0.25, 0.3) is 0 Å². The Morgan fingerprint density at radius 1 is 1.16 bits per heavy atom. The zero-order chi connectivity index (χ0) is 21.5. The highest BCUT2D eigenvalue weighted by Crippen LogP contribution is 2.34. The molecule has 1 amide bonds. The van der Waals surface area contributed by atoms with E-state index >= 15 is 0 Å². The molecule has 0 bridgehead atoms. The van der Waals surface area contributed by atoms with Crippen LogP contribution in [0.3, 0.4) is 0 Å². The number of rotatable bonds is 9. The summed E-state index contributed by atoms with van der Waals surface area (Å²) >= 11 is 1.55. The number of carbonyl (C=O) groups is 1. The van der Waals surface area contributed by atoms with Gasteiger partial charge >= 0.3 is 0 Å². The fourth-order valence-corrected chi connectivity index (χ4v) is 4.80. The van der Waals surface area contributed by atoms with Gasteiger partial charge in [-0.1, -0.05) is 47.7 Å². The van der Waals surface area contributed by atoms with Crippen LogP contribution in [0.5, 0.6) is 5.75 Å². The summed E-state index contributed by atoms with van der Waals surface area (Å²) in [4.78, 5) is 22.4. The van der Waals surface area contributed by atoms with Gasteiger partial charge in [0.2, 0.25) is 5.91 Å². The molecule has 1 aromatic heterocycles. The van der Waals surface area contributed by atoms with E-state index in [1.54, 1.807) is 11.3 Å². The number of para-hydroxylation sites is 1. The van der Waals surface area contributed by atoms with Crippen molar-refractivity contribution in [3.63, 3.8) is 0 Å². The highest BCUT2D eigenvalue weighted by molar-refractivity contribution is 7.22. The summed E-state index contributed by atoms with van der Waals surface area (Å²) in [6, 6.07) is 15.8. The fraction of sp³-hybridized carbons (Fsp3) is 0.417. The summed E-state index contributed by atoms with van der Waals surface area (Å²) in [7, 11) is 0. The summed E-state index contributed by atoms with van der Waals surface area (Å²) in [6.07, 6.45) is 1.27. The van der Waals surface area contributed by atoms with Gasteiger partial charge in [-0.25, -0.2) is 4.98 Å². The molecule has 0 radical (unpaired) electrons. The van der Waals surface area contributed by atoms with Gasteiger partial charge in [0.1, 0.15) is 11.3 Å².